The number of anilines is 1. The molecule has 5 heteroatoms. The Kier molecular flexibility index (Phi) is 5.21. The molecule has 3 aromatic rings. The molecule has 0 saturated heterocycles. The van der Waals surface area contributed by atoms with E-state index in [1.54, 1.807) is 24.3 Å². The molecular weight excluding hydrogens is 312 g/mol. The Labute approximate surface area is 140 Å². The molecule has 0 radical (unpaired) electrons. The Bertz CT molecular complexity index is 832. The van der Waals surface area contributed by atoms with Gasteiger partial charge in [0.05, 0.1) is 5.56 Å². The van der Waals surface area contributed by atoms with Gasteiger partial charge in [-0.05, 0) is 29.1 Å². The van der Waals surface area contributed by atoms with Crippen LogP contribution in [0.5, 0.6) is 5.75 Å². The summed E-state index contributed by atoms with van der Waals surface area (Å²) in [5, 5.41) is 14.6. The van der Waals surface area contributed by atoms with Crippen molar-refractivity contribution in [2.75, 3.05) is 5.32 Å². The zero-order chi connectivity index (χ0) is 15.5. The minimum absolute atomic E-state index is 0. The molecule has 0 aliphatic carbocycles. The Morgan fingerprint density at radius 3 is 2.39 bits per heavy atom. The first-order valence-electron chi connectivity index (χ1n) is 7.00. The van der Waals surface area contributed by atoms with Crippen molar-refractivity contribution in [2.24, 2.45) is 5.73 Å². The normalized spacial score (nSPS) is 10.1. The van der Waals surface area contributed by atoms with Crippen molar-refractivity contribution >= 4 is 34.8 Å². The molecule has 0 bridgehead atoms. The first-order chi connectivity index (χ1) is 10.7. The molecule has 4 nitrogen and oxygen atoms in total. The summed E-state index contributed by atoms with van der Waals surface area (Å²) in [5.74, 6) is -0.349. The number of phenolic OH excluding ortho intramolecular Hbond substituents is 1. The molecule has 1 amide bonds. The van der Waals surface area contributed by atoms with E-state index < -0.39 is 0 Å². The fraction of sp³-hybridized carbons (Fsp3) is 0.0556. The number of benzene rings is 3. The number of halogens is 1. The zero-order valence-corrected chi connectivity index (χ0v) is 13.1. The minimum atomic E-state index is -0.344. The highest BCUT2D eigenvalue weighted by atomic mass is 35.5. The van der Waals surface area contributed by atoms with Gasteiger partial charge in [0, 0.05) is 17.6 Å². The largest absolute Gasteiger partial charge is 0.506 e. The standard InChI is InChI=1S/C18H16N2O2.ClH/c19-11-12-5-8-14(9-6-12)20-18(22)16-10-7-13-3-1-2-4-15(13)17(16)21;/h1-10,21H,11,19H2,(H,20,22);1H. The van der Waals surface area contributed by atoms with Crippen molar-refractivity contribution in [2.45, 2.75) is 6.54 Å². The maximum Gasteiger partial charge on any atom is 0.259 e. The Morgan fingerprint density at radius 1 is 1.00 bits per heavy atom. The van der Waals surface area contributed by atoms with Crippen LogP contribution >= 0.6 is 12.4 Å². The van der Waals surface area contributed by atoms with E-state index in [1.807, 2.05) is 36.4 Å². The highest BCUT2D eigenvalue weighted by molar-refractivity contribution is 6.09. The lowest BCUT2D eigenvalue weighted by atomic mass is 10.0. The summed E-state index contributed by atoms with van der Waals surface area (Å²) in [6.07, 6.45) is 0. The van der Waals surface area contributed by atoms with Crippen molar-refractivity contribution in [1.82, 2.24) is 0 Å². The van der Waals surface area contributed by atoms with Crippen LogP contribution in [0.3, 0.4) is 0 Å². The maximum absolute atomic E-state index is 12.3. The molecule has 4 N–H and O–H groups in total. The van der Waals surface area contributed by atoms with E-state index in [0.29, 0.717) is 17.6 Å². The van der Waals surface area contributed by atoms with E-state index in [1.165, 1.54) is 0 Å². The van der Waals surface area contributed by atoms with Gasteiger partial charge in [-0.15, -0.1) is 12.4 Å². The molecule has 118 valence electrons. The van der Waals surface area contributed by atoms with Gasteiger partial charge < -0.3 is 16.2 Å². The average Bonchev–Trinajstić information content (AvgIpc) is 2.56. The van der Waals surface area contributed by atoms with Crippen LogP contribution in [-0.4, -0.2) is 11.0 Å². The number of hydrogen-bond acceptors (Lipinski definition) is 3. The minimum Gasteiger partial charge on any atom is -0.506 e. The third-order valence-electron chi connectivity index (χ3n) is 3.59. The van der Waals surface area contributed by atoms with Gasteiger partial charge in [0.15, 0.2) is 0 Å². The van der Waals surface area contributed by atoms with E-state index in [-0.39, 0.29) is 29.6 Å². The van der Waals surface area contributed by atoms with E-state index in [2.05, 4.69) is 5.32 Å². The van der Waals surface area contributed by atoms with Gasteiger partial charge in [-0.3, -0.25) is 4.79 Å². The number of carbonyl (C=O) groups is 1. The molecule has 3 aromatic carbocycles. The summed E-state index contributed by atoms with van der Waals surface area (Å²) < 4.78 is 0. The highest BCUT2D eigenvalue weighted by Crippen LogP contribution is 2.29. The SMILES string of the molecule is Cl.NCc1ccc(NC(=O)c2ccc3ccccc3c2O)cc1. The van der Waals surface area contributed by atoms with Gasteiger partial charge in [-0.1, -0.05) is 42.5 Å². The summed E-state index contributed by atoms with van der Waals surface area (Å²) in [6.45, 7) is 0.458. The van der Waals surface area contributed by atoms with Crippen molar-refractivity contribution in [3.8, 4) is 5.75 Å². The number of carbonyl (C=O) groups excluding carboxylic acids is 1. The van der Waals surface area contributed by atoms with Crippen LogP contribution in [0, 0.1) is 0 Å². The van der Waals surface area contributed by atoms with Gasteiger partial charge in [-0.25, -0.2) is 0 Å². The van der Waals surface area contributed by atoms with Crippen molar-refractivity contribution in [3.63, 3.8) is 0 Å². The molecule has 0 spiro atoms. The average molecular weight is 329 g/mol. The fourth-order valence-electron chi connectivity index (χ4n) is 2.36. The van der Waals surface area contributed by atoms with Gasteiger partial charge in [0.25, 0.3) is 5.91 Å². The summed E-state index contributed by atoms with van der Waals surface area (Å²) >= 11 is 0. The van der Waals surface area contributed by atoms with Crippen LogP contribution in [0.1, 0.15) is 15.9 Å². The van der Waals surface area contributed by atoms with E-state index in [0.717, 1.165) is 10.9 Å². The molecule has 0 fully saturated rings. The molecule has 0 aromatic heterocycles. The number of amides is 1. The Morgan fingerprint density at radius 2 is 1.70 bits per heavy atom. The smallest absolute Gasteiger partial charge is 0.259 e. The maximum atomic E-state index is 12.3. The number of phenols is 1. The first-order valence-corrected chi connectivity index (χ1v) is 7.00. The number of nitrogens with two attached hydrogens (primary N) is 1. The lowest BCUT2D eigenvalue weighted by molar-refractivity contribution is 0.102. The third-order valence-corrected chi connectivity index (χ3v) is 3.59. The predicted octanol–water partition coefficient (Wildman–Crippen LogP) is 3.68. The quantitative estimate of drug-likeness (QED) is 0.686. The van der Waals surface area contributed by atoms with Crippen molar-refractivity contribution in [3.05, 3.63) is 71.8 Å². The fourth-order valence-corrected chi connectivity index (χ4v) is 2.36. The monoisotopic (exact) mass is 328 g/mol. The second kappa shape index (κ2) is 7.13. The Balaban J connectivity index is 0.00000192. The topological polar surface area (TPSA) is 75.3 Å². The van der Waals surface area contributed by atoms with Crippen molar-refractivity contribution < 1.29 is 9.90 Å². The molecule has 23 heavy (non-hydrogen) atoms. The number of rotatable bonds is 3. The zero-order valence-electron chi connectivity index (χ0n) is 12.3. The molecule has 0 unspecified atom stereocenters. The summed E-state index contributed by atoms with van der Waals surface area (Å²) in [7, 11) is 0. The molecule has 0 aliphatic rings. The lowest BCUT2D eigenvalue weighted by Gasteiger charge is -2.09. The third kappa shape index (κ3) is 3.44. The van der Waals surface area contributed by atoms with Gasteiger partial charge in [0.2, 0.25) is 0 Å². The molecule has 0 saturated carbocycles. The molecule has 0 aliphatic heterocycles. The van der Waals surface area contributed by atoms with Gasteiger partial charge in [-0.2, -0.15) is 0 Å². The summed E-state index contributed by atoms with van der Waals surface area (Å²) in [6, 6.07) is 18.1. The van der Waals surface area contributed by atoms with Crippen LogP contribution in [0.25, 0.3) is 10.8 Å². The Hall–Kier alpha value is -2.56. The highest BCUT2D eigenvalue weighted by Gasteiger charge is 2.13. The molecule has 3 rings (SSSR count). The first kappa shape index (κ1) is 16.8. The molecule has 0 heterocycles. The lowest BCUT2D eigenvalue weighted by Crippen LogP contribution is -2.12. The number of hydrogen-bond donors (Lipinski definition) is 3. The van der Waals surface area contributed by atoms with E-state index in [4.69, 9.17) is 5.73 Å². The van der Waals surface area contributed by atoms with Crippen LogP contribution < -0.4 is 11.1 Å². The van der Waals surface area contributed by atoms with Gasteiger partial charge >= 0.3 is 0 Å². The van der Waals surface area contributed by atoms with Crippen LogP contribution in [0.4, 0.5) is 5.69 Å². The van der Waals surface area contributed by atoms with Crippen LogP contribution in [-0.2, 0) is 6.54 Å². The van der Waals surface area contributed by atoms with Crippen LogP contribution in [0.15, 0.2) is 60.7 Å². The van der Waals surface area contributed by atoms with Crippen molar-refractivity contribution in [1.29, 1.82) is 0 Å². The van der Waals surface area contributed by atoms with E-state index in [9.17, 15) is 9.90 Å². The van der Waals surface area contributed by atoms with Crippen LogP contribution in [0.2, 0.25) is 0 Å². The van der Waals surface area contributed by atoms with Gasteiger partial charge in [0.1, 0.15) is 5.75 Å². The summed E-state index contributed by atoms with van der Waals surface area (Å²) in [5.41, 5.74) is 7.45. The second-order valence-electron chi connectivity index (χ2n) is 5.04. The van der Waals surface area contributed by atoms with E-state index >= 15 is 0 Å². The number of nitrogens with one attached hydrogen (secondary N) is 1. The molecular formula is C18H17ClN2O2. The summed E-state index contributed by atoms with van der Waals surface area (Å²) in [4.78, 5) is 12.3. The number of aromatic hydroxyl groups is 1. The second-order valence-corrected chi connectivity index (χ2v) is 5.04. The predicted molar refractivity (Wildman–Crippen MR) is 95.1 cm³/mol. The molecule has 0 atom stereocenters. The number of fused-ring (bicyclic) bond motifs is 1.